The van der Waals surface area contributed by atoms with Crippen LogP contribution in [0.2, 0.25) is 0 Å². The number of hydrogen-bond acceptors (Lipinski definition) is 2. The van der Waals surface area contributed by atoms with Gasteiger partial charge in [-0.3, -0.25) is 0 Å². The molecule has 0 saturated carbocycles. The van der Waals surface area contributed by atoms with Gasteiger partial charge in [0.2, 0.25) is 10.0 Å². The van der Waals surface area contributed by atoms with Crippen molar-refractivity contribution in [3.63, 3.8) is 0 Å². The predicted molar refractivity (Wildman–Crippen MR) is 76.5 cm³/mol. The Morgan fingerprint density at radius 3 is 1.92 bits per heavy atom. The van der Waals surface area contributed by atoms with Crippen LogP contribution in [-0.4, -0.2) is 19.8 Å². The maximum atomic E-state index is 13.2. The highest BCUT2D eigenvalue weighted by Gasteiger charge is 2.30. The lowest BCUT2D eigenvalue weighted by Gasteiger charge is -2.18. The fourth-order valence-corrected chi connectivity index (χ4v) is 3.20. The minimum atomic E-state index is -4.49. The number of sulfonamides is 1. The smallest absolute Gasteiger partial charge is 0.207 e. The zero-order valence-electron chi connectivity index (χ0n) is 12.3. The van der Waals surface area contributed by atoms with Gasteiger partial charge in [0.15, 0.2) is 0 Å². The first-order chi connectivity index (χ1) is 11.0. The summed E-state index contributed by atoms with van der Waals surface area (Å²) >= 11 is 0. The monoisotopic (exact) mass is 365 g/mol. The number of nitrogens with zero attached hydrogens (tertiary/aromatic N) is 1. The van der Waals surface area contributed by atoms with Gasteiger partial charge in [0.25, 0.3) is 0 Å². The van der Waals surface area contributed by atoms with Gasteiger partial charge in [0, 0.05) is 19.7 Å². The summed E-state index contributed by atoms with van der Waals surface area (Å²) in [6.07, 6.45) is -4.49. The van der Waals surface area contributed by atoms with Crippen LogP contribution in [0.3, 0.4) is 0 Å². The Balaban J connectivity index is 2.23. The van der Waals surface area contributed by atoms with Gasteiger partial charge in [-0.25, -0.2) is 17.2 Å². The van der Waals surface area contributed by atoms with Gasteiger partial charge < -0.3 is 0 Å². The molecule has 0 fully saturated rings. The van der Waals surface area contributed by atoms with Gasteiger partial charge in [-0.05, 0) is 29.8 Å². The molecule has 0 aliphatic heterocycles. The van der Waals surface area contributed by atoms with Crippen LogP contribution in [0.15, 0.2) is 47.4 Å². The lowest BCUT2D eigenvalue weighted by atomic mass is 10.1. The van der Waals surface area contributed by atoms with Gasteiger partial charge in [0.05, 0.1) is 10.5 Å². The molecule has 2 rings (SSSR count). The molecule has 2 aromatic carbocycles. The van der Waals surface area contributed by atoms with Gasteiger partial charge >= 0.3 is 6.18 Å². The second-order valence-electron chi connectivity index (χ2n) is 5.06. The number of rotatable bonds is 4. The van der Waals surface area contributed by atoms with Crippen molar-refractivity contribution in [3.05, 3.63) is 65.2 Å². The van der Waals surface area contributed by atoms with Crippen LogP contribution < -0.4 is 0 Å². The highest BCUT2D eigenvalue weighted by molar-refractivity contribution is 7.89. The van der Waals surface area contributed by atoms with E-state index in [9.17, 15) is 30.4 Å². The zero-order chi connectivity index (χ0) is 18.1. The summed E-state index contributed by atoms with van der Waals surface area (Å²) in [5.74, 6) is -2.09. The Hall–Kier alpha value is -2.00. The number of alkyl halides is 3. The molecule has 0 heterocycles. The van der Waals surface area contributed by atoms with Crippen LogP contribution in [-0.2, 0) is 22.7 Å². The van der Waals surface area contributed by atoms with Crippen LogP contribution in [0.5, 0.6) is 0 Å². The maximum absolute atomic E-state index is 13.2. The van der Waals surface area contributed by atoms with Crippen LogP contribution in [0, 0.1) is 11.6 Å². The van der Waals surface area contributed by atoms with Crippen molar-refractivity contribution in [1.82, 2.24) is 4.31 Å². The van der Waals surface area contributed by atoms with Crippen molar-refractivity contribution in [2.45, 2.75) is 17.6 Å². The fourth-order valence-electron chi connectivity index (χ4n) is 2.00. The third-order valence-electron chi connectivity index (χ3n) is 3.23. The molecule has 24 heavy (non-hydrogen) atoms. The largest absolute Gasteiger partial charge is 0.416 e. The molecule has 2 aromatic rings. The molecule has 0 amide bonds. The molecule has 0 spiro atoms. The first-order valence-electron chi connectivity index (χ1n) is 6.59. The van der Waals surface area contributed by atoms with E-state index in [1.807, 2.05) is 0 Å². The summed E-state index contributed by atoms with van der Waals surface area (Å²) in [6, 6.07) is 5.81. The van der Waals surface area contributed by atoms with E-state index in [1.54, 1.807) is 0 Å². The summed E-state index contributed by atoms with van der Waals surface area (Å²) in [5, 5.41) is 0. The molecule has 0 aromatic heterocycles. The normalized spacial score (nSPS) is 12.6. The molecule has 0 aliphatic rings. The van der Waals surface area contributed by atoms with Gasteiger partial charge in [-0.2, -0.15) is 17.5 Å². The standard InChI is InChI=1S/C15H12F5NO2S/c1-21(9-10-2-4-11(5-3-10)15(18,19)20)24(22,23)14-7-12(16)6-13(17)8-14/h2-8H,9H2,1H3. The average molecular weight is 365 g/mol. The van der Waals surface area contributed by atoms with Crippen LogP contribution in [0.25, 0.3) is 0 Å². The molecule has 130 valence electrons. The van der Waals surface area contributed by atoms with Crippen molar-refractivity contribution in [3.8, 4) is 0 Å². The first kappa shape index (κ1) is 18.3. The highest BCUT2D eigenvalue weighted by Crippen LogP contribution is 2.29. The fraction of sp³-hybridized carbons (Fsp3) is 0.200. The van der Waals surface area contributed by atoms with Crippen molar-refractivity contribution >= 4 is 10.0 Å². The van der Waals surface area contributed by atoms with E-state index >= 15 is 0 Å². The van der Waals surface area contributed by atoms with E-state index in [1.165, 1.54) is 0 Å². The molecule has 0 atom stereocenters. The summed E-state index contributed by atoms with van der Waals surface area (Å²) in [5.41, 5.74) is -0.560. The van der Waals surface area contributed by atoms with Crippen molar-refractivity contribution in [1.29, 1.82) is 0 Å². The number of hydrogen-bond donors (Lipinski definition) is 0. The SMILES string of the molecule is CN(Cc1ccc(C(F)(F)F)cc1)S(=O)(=O)c1cc(F)cc(F)c1. The van der Waals surface area contributed by atoms with Gasteiger partial charge in [0.1, 0.15) is 11.6 Å². The van der Waals surface area contributed by atoms with Gasteiger partial charge in [-0.1, -0.05) is 12.1 Å². The Kier molecular flexibility index (Phi) is 4.95. The number of benzene rings is 2. The predicted octanol–water partition coefficient (Wildman–Crippen LogP) is 3.80. The quantitative estimate of drug-likeness (QED) is 0.773. The third-order valence-corrected chi connectivity index (χ3v) is 5.01. The van der Waals surface area contributed by atoms with Gasteiger partial charge in [-0.15, -0.1) is 0 Å². The molecule has 0 N–H and O–H groups in total. The molecular formula is C15H12F5NO2S. The Bertz CT molecular complexity index is 812. The van der Waals surface area contributed by atoms with Crippen molar-refractivity contribution in [2.75, 3.05) is 7.05 Å². The first-order valence-corrected chi connectivity index (χ1v) is 8.03. The van der Waals surface area contributed by atoms with E-state index in [0.717, 1.165) is 35.6 Å². The third kappa shape index (κ3) is 4.09. The molecule has 0 radical (unpaired) electrons. The minimum absolute atomic E-state index is 0.251. The van der Waals surface area contributed by atoms with Crippen LogP contribution in [0.4, 0.5) is 22.0 Å². The topological polar surface area (TPSA) is 37.4 Å². The Morgan fingerprint density at radius 1 is 0.958 bits per heavy atom. The molecular weight excluding hydrogens is 353 g/mol. The number of halogens is 5. The van der Waals surface area contributed by atoms with E-state index in [2.05, 4.69) is 0 Å². The lowest BCUT2D eigenvalue weighted by molar-refractivity contribution is -0.137. The summed E-state index contributed by atoms with van der Waals surface area (Å²) < 4.78 is 89.2. The van der Waals surface area contributed by atoms with E-state index in [0.29, 0.717) is 23.8 Å². The average Bonchev–Trinajstić information content (AvgIpc) is 2.45. The molecule has 0 unspecified atom stereocenters. The molecule has 3 nitrogen and oxygen atoms in total. The van der Waals surface area contributed by atoms with E-state index < -0.39 is 38.3 Å². The Labute approximate surface area is 135 Å². The second-order valence-corrected chi connectivity index (χ2v) is 7.11. The molecule has 0 bridgehead atoms. The van der Waals surface area contributed by atoms with Crippen molar-refractivity contribution in [2.24, 2.45) is 0 Å². The minimum Gasteiger partial charge on any atom is -0.207 e. The van der Waals surface area contributed by atoms with E-state index in [-0.39, 0.29) is 6.54 Å². The summed E-state index contributed by atoms with van der Waals surface area (Å²) in [4.78, 5) is -0.575. The maximum Gasteiger partial charge on any atom is 0.416 e. The Morgan fingerprint density at radius 2 is 1.46 bits per heavy atom. The summed E-state index contributed by atoms with van der Waals surface area (Å²) in [7, 11) is -3.03. The molecule has 0 saturated heterocycles. The van der Waals surface area contributed by atoms with E-state index in [4.69, 9.17) is 0 Å². The highest BCUT2D eigenvalue weighted by atomic mass is 32.2. The molecule has 0 aliphatic carbocycles. The zero-order valence-corrected chi connectivity index (χ0v) is 13.1. The van der Waals surface area contributed by atoms with Crippen LogP contribution in [0.1, 0.15) is 11.1 Å². The second kappa shape index (κ2) is 6.48. The molecule has 9 heteroatoms. The van der Waals surface area contributed by atoms with Crippen molar-refractivity contribution < 1.29 is 30.4 Å². The van der Waals surface area contributed by atoms with Crippen LogP contribution >= 0.6 is 0 Å². The summed E-state index contributed by atoms with van der Waals surface area (Å²) in [6.45, 7) is -0.251. The lowest BCUT2D eigenvalue weighted by Crippen LogP contribution is -2.26.